The van der Waals surface area contributed by atoms with Crippen LogP contribution in [0.25, 0.3) is 0 Å². The molecule has 0 aromatic heterocycles. The van der Waals surface area contributed by atoms with E-state index in [0.717, 1.165) is 5.56 Å². The van der Waals surface area contributed by atoms with Crippen LogP contribution in [0.5, 0.6) is 5.75 Å². The highest BCUT2D eigenvalue weighted by Gasteiger charge is 2.30. The summed E-state index contributed by atoms with van der Waals surface area (Å²) in [5, 5.41) is 11.0. The molecule has 1 atom stereocenters. The van der Waals surface area contributed by atoms with Crippen LogP contribution < -0.4 is 4.74 Å². The lowest BCUT2D eigenvalue weighted by atomic mass is 9.85. The number of benzene rings is 1. The molecule has 0 bridgehead atoms. The van der Waals surface area contributed by atoms with Crippen molar-refractivity contribution in [3.05, 3.63) is 28.8 Å². The Morgan fingerprint density at radius 2 is 2.00 bits per heavy atom. The van der Waals surface area contributed by atoms with E-state index in [1.165, 1.54) is 0 Å². The molecule has 0 saturated carbocycles. The molecule has 0 fully saturated rings. The van der Waals surface area contributed by atoms with Crippen molar-refractivity contribution in [3.63, 3.8) is 0 Å². The number of ether oxygens (including phenoxy) is 1. The van der Waals surface area contributed by atoms with Crippen LogP contribution in [0, 0.1) is 5.92 Å². The lowest BCUT2D eigenvalue weighted by Crippen LogP contribution is -2.28. The minimum Gasteiger partial charge on any atom is -0.496 e. The van der Waals surface area contributed by atoms with Crippen molar-refractivity contribution in [2.45, 2.75) is 26.4 Å². The van der Waals surface area contributed by atoms with E-state index in [0.29, 0.717) is 10.8 Å². The zero-order chi connectivity index (χ0) is 11.6. The van der Waals surface area contributed by atoms with Crippen LogP contribution >= 0.6 is 11.6 Å². The third-order valence-electron chi connectivity index (χ3n) is 2.83. The third kappa shape index (κ3) is 2.44. The van der Waals surface area contributed by atoms with Crippen LogP contribution in [-0.4, -0.2) is 12.2 Å². The number of halogens is 1. The molecule has 0 aliphatic heterocycles. The fourth-order valence-corrected chi connectivity index (χ4v) is 1.56. The standard InChI is InChI=1S/C12H17ClO2/c1-8(2)12(3,14)10-7-9(13)5-6-11(10)15-4/h5-8,14H,1-4H3/t12-/m0/s1. The smallest absolute Gasteiger partial charge is 0.125 e. The second kappa shape index (κ2) is 4.42. The molecule has 3 heteroatoms. The molecular formula is C12H17ClO2. The van der Waals surface area contributed by atoms with Crippen molar-refractivity contribution in [2.24, 2.45) is 5.92 Å². The first kappa shape index (κ1) is 12.3. The highest BCUT2D eigenvalue weighted by Crippen LogP contribution is 2.36. The average Bonchev–Trinajstić information content (AvgIpc) is 2.17. The molecule has 2 nitrogen and oxygen atoms in total. The molecule has 0 saturated heterocycles. The molecule has 0 spiro atoms. The van der Waals surface area contributed by atoms with Crippen molar-refractivity contribution in [1.82, 2.24) is 0 Å². The Bertz CT molecular complexity index is 345. The molecule has 0 unspecified atom stereocenters. The topological polar surface area (TPSA) is 29.5 Å². The van der Waals surface area contributed by atoms with Crippen LogP contribution in [0.15, 0.2) is 18.2 Å². The summed E-state index contributed by atoms with van der Waals surface area (Å²) in [5.74, 6) is 0.753. The van der Waals surface area contributed by atoms with Gasteiger partial charge < -0.3 is 9.84 Å². The van der Waals surface area contributed by atoms with Crippen LogP contribution in [0.2, 0.25) is 5.02 Å². The fourth-order valence-electron chi connectivity index (χ4n) is 1.39. The molecule has 0 aliphatic carbocycles. The van der Waals surface area contributed by atoms with Gasteiger partial charge in [-0.2, -0.15) is 0 Å². The highest BCUT2D eigenvalue weighted by molar-refractivity contribution is 6.30. The van der Waals surface area contributed by atoms with Gasteiger partial charge in [0.25, 0.3) is 0 Å². The summed E-state index contributed by atoms with van der Waals surface area (Å²) >= 11 is 5.92. The molecule has 0 aliphatic rings. The zero-order valence-electron chi connectivity index (χ0n) is 9.54. The summed E-state index contributed by atoms with van der Waals surface area (Å²) in [6.45, 7) is 5.69. The van der Waals surface area contributed by atoms with Gasteiger partial charge in [-0.3, -0.25) is 0 Å². The molecule has 1 N–H and O–H groups in total. The van der Waals surface area contributed by atoms with E-state index in [1.54, 1.807) is 32.2 Å². The number of hydrogen-bond acceptors (Lipinski definition) is 2. The van der Waals surface area contributed by atoms with Gasteiger partial charge in [-0.05, 0) is 31.0 Å². The molecular weight excluding hydrogens is 212 g/mol. The Morgan fingerprint density at radius 1 is 1.40 bits per heavy atom. The van der Waals surface area contributed by atoms with Gasteiger partial charge in [0.15, 0.2) is 0 Å². The van der Waals surface area contributed by atoms with Crippen molar-refractivity contribution in [1.29, 1.82) is 0 Å². The van der Waals surface area contributed by atoms with E-state index >= 15 is 0 Å². The van der Waals surface area contributed by atoms with E-state index in [4.69, 9.17) is 16.3 Å². The second-order valence-corrected chi connectivity index (χ2v) is 4.58. The third-order valence-corrected chi connectivity index (χ3v) is 3.07. The highest BCUT2D eigenvalue weighted by atomic mass is 35.5. The maximum atomic E-state index is 10.4. The van der Waals surface area contributed by atoms with Crippen LogP contribution in [0.3, 0.4) is 0 Å². The normalized spacial score (nSPS) is 15.1. The van der Waals surface area contributed by atoms with Crippen molar-refractivity contribution in [2.75, 3.05) is 7.11 Å². The average molecular weight is 229 g/mol. The van der Waals surface area contributed by atoms with Crippen molar-refractivity contribution >= 4 is 11.6 Å². The Labute approximate surface area is 95.8 Å². The predicted octanol–water partition coefficient (Wildman–Crippen LogP) is 3.21. The second-order valence-electron chi connectivity index (χ2n) is 4.15. The number of rotatable bonds is 3. The van der Waals surface area contributed by atoms with Crippen LogP contribution in [0.4, 0.5) is 0 Å². The van der Waals surface area contributed by atoms with E-state index in [9.17, 15) is 5.11 Å². The SMILES string of the molecule is COc1ccc(Cl)cc1[C@@](C)(O)C(C)C. The first-order valence-corrected chi connectivity index (χ1v) is 5.33. The van der Waals surface area contributed by atoms with Crippen LogP contribution in [0.1, 0.15) is 26.3 Å². The Kier molecular flexibility index (Phi) is 3.63. The van der Waals surface area contributed by atoms with E-state index < -0.39 is 5.60 Å². The molecule has 0 heterocycles. The lowest BCUT2D eigenvalue weighted by molar-refractivity contribution is 0.00696. The summed E-state index contributed by atoms with van der Waals surface area (Å²) in [7, 11) is 1.59. The predicted molar refractivity (Wildman–Crippen MR) is 62.4 cm³/mol. The monoisotopic (exact) mass is 228 g/mol. The zero-order valence-corrected chi connectivity index (χ0v) is 10.3. The summed E-state index contributed by atoms with van der Waals surface area (Å²) in [4.78, 5) is 0. The number of aliphatic hydroxyl groups is 1. The molecule has 0 amide bonds. The first-order valence-electron chi connectivity index (χ1n) is 4.96. The maximum absolute atomic E-state index is 10.4. The number of methoxy groups -OCH3 is 1. The van der Waals surface area contributed by atoms with E-state index in [-0.39, 0.29) is 5.92 Å². The van der Waals surface area contributed by atoms with Crippen molar-refractivity contribution < 1.29 is 9.84 Å². The van der Waals surface area contributed by atoms with E-state index in [1.807, 2.05) is 13.8 Å². The Morgan fingerprint density at radius 3 is 2.47 bits per heavy atom. The van der Waals surface area contributed by atoms with Gasteiger partial charge in [0, 0.05) is 10.6 Å². The Hall–Kier alpha value is -0.730. The molecule has 1 rings (SSSR count). The van der Waals surface area contributed by atoms with Gasteiger partial charge in [0.1, 0.15) is 5.75 Å². The van der Waals surface area contributed by atoms with Gasteiger partial charge >= 0.3 is 0 Å². The fraction of sp³-hybridized carbons (Fsp3) is 0.500. The number of hydrogen-bond donors (Lipinski definition) is 1. The van der Waals surface area contributed by atoms with Crippen molar-refractivity contribution in [3.8, 4) is 5.75 Å². The van der Waals surface area contributed by atoms with E-state index in [2.05, 4.69) is 0 Å². The molecule has 0 radical (unpaired) electrons. The summed E-state index contributed by atoms with van der Waals surface area (Å²) in [6, 6.07) is 5.27. The minimum absolute atomic E-state index is 0.0878. The summed E-state index contributed by atoms with van der Waals surface area (Å²) < 4.78 is 5.22. The largest absolute Gasteiger partial charge is 0.496 e. The summed E-state index contributed by atoms with van der Waals surface area (Å²) in [6.07, 6.45) is 0. The molecule has 84 valence electrons. The molecule has 15 heavy (non-hydrogen) atoms. The minimum atomic E-state index is -0.934. The van der Waals surface area contributed by atoms with Gasteiger partial charge in [-0.1, -0.05) is 25.4 Å². The van der Waals surface area contributed by atoms with Gasteiger partial charge in [0.2, 0.25) is 0 Å². The van der Waals surface area contributed by atoms with Gasteiger partial charge in [-0.15, -0.1) is 0 Å². The lowest BCUT2D eigenvalue weighted by Gasteiger charge is -2.29. The van der Waals surface area contributed by atoms with Crippen LogP contribution in [-0.2, 0) is 5.60 Å². The van der Waals surface area contributed by atoms with Gasteiger partial charge in [-0.25, -0.2) is 0 Å². The van der Waals surface area contributed by atoms with Gasteiger partial charge in [0.05, 0.1) is 12.7 Å². The quantitative estimate of drug-likeness (QED) is 0.861. The summed E-state index contributed by atoms with van der Waals surface area (Å²) in [5.41, 5.74) is -0.205. The molecule has 1 aromatic carbocycles. The Balaban J connectivity index is 3.28. The first-order chi connectivity index (χ1) is 6.89. The molecule has 1 aromatic rings. The maximum Gasteiger partial charge on any atom is 0.125 e.